The van der Waals surface area contributed by atoms with Crippen molar-refractivity contribution in [2.45, 2.75) is 26.4 Å². The SMILES string of the molecule is CC(C)Oc1ccc(C(=O)N2C[C@@H]3CCOC[C@]3(C(=O)O)C2)cc1. The Kier molecular flexibility index (Phi) is 4.49. The van der Waals surface area contributed by atoms with Gasteiger partial charge in [-0.2, -0.15) is 0 Å². The summed E-state index contributed by atoms with van der Waals surface area (Å²) in [6.07, 6.45) is 0.751. The van der Waals surface area contributed by atoms with Gasteiger partial charge >= 0.3 is 5.97 Å². The first-order valence-electron chi connectivity index (χ1n) is 8.29. The van der Waals surface area contributed by atoms with Crippen molar-refractivity contribution >= 4 is 11.9 Å². The van der Waals surface area contributed by atoms with Gasteiger partial charge in [0.15, 0.2) is 0 Å². The standard InChI is InChI=1S/C18H23NO5/c1-12(2)24-15-5-3-13(4-6-15)16(20)19-9-14-7-8-23-11-18(14,10-19)17(21)22/h3-6,12,14H,7-11H2,1-2H3,(H,21,22)/t14-,18+/m0/s1. The molecule has 24 heavy (non-hydrogen) atoms. The molecule has 6 heteroatoms. The third-order valence-electron chi connectivity index (χ3n) is 4.85. The monoisotopic (exact) mass is 333 g/mol. The van der Waals surface area contributed by atoms with Gasteiger partial charge in [-0.1, -0.05) is 0 Å². The number of carboxylic acid groups (broad SMARTS) is 1. The number of nitrogens with zero attached hydrogens (tertiary/aromatic N) is 1. The molecule has 6 nitrogen and oxygen atoms in total. The molecule has 2 aliphatic heterocycles. The molecule has 1 aromatic carbocycles. The van der Waals surface area contributed by atoms with Crippen LogP contribution in [0, 0.1) is 11.3 Å². The fourth-order valence-electron chi connectivity index (χ4n) is 3.58. The second-order valence-corrected chi connectivity index (χ2v) is 6.88. The molecule has 2 saturated heterocycles. The van der Waals surface area contributed by atoms with Gasteiger partial charge in [-0.05, 0) is 50.5 Å². The maximum Gasteiger partial charge on any atom is 0.314 e. The molecule has 0 bridgehead atoms. The van der Waals surface area contributed by atoms with Crippen LogP contribution in [0.3, 0.4) is 0 Å². The third kappa shape index (κ3) is 2.98. The second kappa shape index (κ2) is 6.43. The minimum Gasteiger partial charge on any atom is -0.491 e. The van der Waals surface area contributed by atoms with Crippen molar-refractivity contribution in [2.24, 2.45) is 11.3 Å². The zero-order chi connectivity index (χ0) is 17.3. The summed E-state index contributed by atoms with van der Waals surface area (Å²) in [7, 11) is 0. The molecule has 0 aliphatic carbocycles. The fourth-order valence-corrected chi connectivity index (χ4v) is 3.58. The molecule has 2 atom stereocenters. The van der Waals surface area contributed by atoms with E-state index in [1.165, 1.54) is 0 Å². The van der Waals surface area contributed by atoms with Gasteiger partial charge < -0.3 is 19.5 Å². The highest BCUT2D eigenvalue weighted by Gasteiger charge is 2.55. The number of benzene rings is 1. The summed E-state index contributed by atoms with van der Waals surface area (Å²) in [4.78, 5) is 26.2. The van der Waals surface area contributed by atoms with Gasteiger partial charge in [-0.3, -0.25) is 9.59 Å². The number of aliphatic carboxylic acids is 1. The zero-order valence-electron chi connectivity index (χ0n) is 14.0. The van der Waals surface area contributed by atoms with Crippen molar-refractivity contribution in [1.82, 2.24) is 4.90 Å². The molecule has 0 aromatic heterocycles. The molecule has 2 heterocycles. The number of fused-ring (bicyclic) bond motifs is 1. The smallest absolute Gasteiger partial charge is 0.314 e. The Morgan fingerprint density at radius 2 is 2.04 bits per heavy atom. The van der Waals surface area contributed by atoms with Gasteiger partial charge in [0, 0.05) is 25.3 Å². The number of carbonyl (C=O) groups excluding carboxylic acids is 1. The molecule has 0 saturated carbocycles. The normalized spacial score (nSPS) is 26.3. The largest absolute Gasteiger partial charge is 0.491 e. The highest BCUT2D eigenvalue weighted by molar-refractivity contribution is 5.95. The topological polar surface area (TPSA) is 76.1 Å². The molecule has 0 radical (unpaired) electrons. The maximum absolute atomic E-state index is 12.7. The van der Waals surface area contributed by atoms with Crippen LogP contribution in [0.15, 0.2) is 24.3 Å². The lowest BCUT2D eigenvalue weighted by molar-refractivity contribution is -0.159. The summed E-state index contributed by atoms with van der Waals surface area (Å²) in [6, 6.07) is 7.00. The van der Waals surface area contributed by atoms with E-state index in [4.69, 9.17) is 9.47 Å². The fraction of sp³-hybridized carbons (Fsp3) is 0.556. The molecule has 1 N–H and O–H groups in total. The van der Waals surface area contributed by atoms with E-state index in [2.05, 4.69) is 0 Å². The van der Waals surface area contributed by atoms with E-state index < -0.39 is 11.4 Å². The van der Waals surface area contributed by atoms with Crippen LogP contribution < -0.4 is 4.74 Å². The number of carbonyl (C=O) groups is 2. The summed E-state index contributed by atoms with van der Waals surface area (Å²) in [5, 5.41) is 9.66. The first-order valence-corrected chi connectivity index (χ1v) is 8.29. The van der Waals surface area contributed by atoms with Gasteiger partial charge in [-0.15, -0.1) is 0 Å². The minimum absolute atomic E-state index is 0.0451. The summed E-state index contributed by atoms with van der Waals surface area (Å²) >= 11 is 0. The zero-order valence-corrected chi connectivity index (χ0v) is 14.0. The lowest BCUT2D eigenvalue weighted by Gasteiger charge is -2.33. The van der Waals surface area contributed by atoms with E-state index in [1.807, 2.05) is 13.8 Å². The number of ether oxygens (including phenoxy) is 2. The molecule has 2 fully saturated rings. The van der Waals surface area contributed by atoms with E-state index in [1.54, 1.807) is 29.2 Å². The van der Waals surface area contributed by atoms with Crippen molar-refractivity contribution < 1.29 is 24.2 Å². The second-order valence-electron chi connectivity index (χ2n) is 6.88. The average Bonchev–Trinajstić information content (AvgIpc) is 2.95. The van der Waals surface area contributed by atoms with Crippen molar-refractivity contribution in [3.05, 3.63) is 29.8 Å². The maximum atomic E-state index is 12.7. The van der Waals surface area contributed by atoms with Gasteiger partial charge in [0.1, 0.15) is 11.2 Å². The molecule has 0 spiro atoms. The van der Waals surface area contributed by atoms with E-state index in [0.717, 1.165) is 0 Å². The molecule has 2 aliphatic rings. The van der Waals surface area contributed by atoms with Crippen LogP contribution in [0.5, 0.6) is 5.75 Å². The van der Waals surface area contributed by atoms with E-state index in [0.29, 0.717) is 30.9 Å². The van der Waals surface area contributed by atoms with Gasteiger partial charge in [0.05, 0.1) is 12.7 Å². The molecule has 3 rings (SSSR count). The summed E-state index contributed by atoms with van der Waals surface area (Å²) in [6.45, 7) is 5.30. The van der Waals surface area contributed by atoms with Crippen molar-refractivity contribution in [3.8, 4) is 5.75 Å². The van der Waals surface area contributed by atoms with Crippen LogP contribution in [-0.2, 0) is 9.53 Å². The predicted molar refractivity (Wildman–Crippen MR) is 87.1 cm³/mol. The van der Waals surface area contributed by atoms with E-state index >= 15 is 0 Å². The Labute approximate surface area is 141 Å². The number of hydrogen-bond acceptors (Lipinski definition) is 4. The lowest BCUT2D eigenvalue weighted by Crippen LogP contribution is -2.46. The Hall–Kier alpha value is -2.08. The first kappa shape index (κ1) is 16.8. The summed E-state index contributed by atoms with van der Waals surface area (Å²) < 4.78 is 11.0. The molecule has 130 valence electrons. The van der Waals surface area contributed by atoms with Crippen molar-refractivity contribution in [1.29, 1.82) is 0 Å². The van der Waals surface area contributed by atoms with Crippen LogP contribution in [0.2, 0.25) is 0 Å². The number of likely N-dealkylation sites (tertiary alicyclic amines) is 1. The molecular weight excluding hydrogens is 310 g/mol. The Morgan fingerprint density at radius 3 is 2.62 bits per heavy atom. The summed E-state index contributed by atoms with van der Waals surface area (Å²) in [5.74, 6) is -0.340. The highest BCUT2D eigenvalue weighted by Crippen LogP contribution is 2.42. The Morgan fingerprint density at radius 1 is 1.33 bits per heavy atom. The average molecular weight is 333 g/mol. The van der Waals surface area contributed by atoms with Crippen LogP contribution in [0.4, 0.5) is 0 Å². The number of hydrogen-bond donors (Lipinski definition) is 1. The first-order chi connectivity index (χ1) is 11.4. The van der Waals surface area contributed by atoms with Gasteiger partial charge in [0.2, 0.25) is 0 Å². The number of carboxylic acids is 1. The molecular formula is C18H23NO5. The van der Waals surface area contributed by atoms with Crippen molar-refractivity contribution in [3.63, 3.8) is 0 Å². The van der Waals surface area contributed by atoms with Crippen LogP contribution in [0.25, 0.3) is 0 Å². The van der Waals surface area contributed by atoms with Gasteiger partial charge in [0.25, 0.3) is 5.91 Å². The van der Waals surface area contributed by atoms with Gasteiger partial charge in [-0.25, -0.2) is 0 Å². The van der Waals surface area contributed by atoms with Crippen molar-refractivity contribution in [2.75, 3.05) is 26.3 Å². The molecule has 1 amide bonds. The third-order valence-corrected chi connectivity index (χ3v) is 4.85. The van der Waals surface area contributed by atoms with E-state index in [-0.39, 0.29) is 31.1 Å². The molecule has 1 aromatic rings. The van der Waals surface area contributed by atoms with Crippen LogP contribution in [-0.4, -0.2) is 54.3 Å². The Bertz CT molecular complexity index is 627. The lowest BCUT2D eigenvalue weighted by atomic mass is 9.76. The number of rotatable bonds is 4. The van der Waals surface area contributed by atoms with Crippen LogP contribution in [0.1, 0.15) is 30.6 Å². The quantitative estimate of drug-likeness (QED) is 0.912. The predicted octanol–water partition coefficient (Wildman–Crippen LogP) is 2.04. The Balaban J connectivity index is 1.75. The van der Waals surface area contributed by atoms with Crippen LogP contribution >= 0.6 is 0 Å². The minimum atomic E-state index is -0.964. The molecule has 0 unspecified atom stereocenters. The summed E-state index contributed by atoms with van der Waals surface area (Å²) in [5.41, 5.74) is -0.416. The van der Waals surface area contributed by atoms with E-state index in [9.17, 15) is 14.7 Å². The highest BCUT2D eigenvalue weighted by atomic mass is 16.5. The number of amides is 1.